The summed E-state index contributed by atoms with van der Waals surface area (Å²) in [5.74, 6) is 0.800. The van der Waals surface area contributed by atoms with Gasteiger partial charge in [-0.15, -0.1) is 5.10 Å². The molecule has 2 N–H and O–H groups in total. The van der Waals surface area contributed by atoms with Crippen LogP contribution in [-0.4, -0.2) is 29.5 Å². The zero-order chi connectivity index (χ0) is 23.8. The second-order valence-electron chi connectivity index (χ2n) is 7.99. The van der Waals surface area contributed by atoms with E-state index in [0.717, 1.165) is 33.3 Å². The summed E-state index contributed by atoms with van der Waals surface area (Å²) in [6.45, 7) is 7.45. The number of rotatable bonds is 4. The van der Waals surface area contributed by atoms with Gasteiger partial charge in [0.15, 0.2) is 17.2 Å². The summed E-state index contributed by atoms with van der Waals surface area (Å²) in [5.41, 5.74) is 12.3. The minimum atomic E-state index is 0.213. The number of hydrogen-bond donors (Lipinski definition) is 1. The van der Waals surface area contributed by atoms with Gasteiger partial charge in [-0.3, -0.25) is 9.97 Å². The molecule has 0 saturated heterocycles. The zero-order valence-corrected chi connectivity index (χ0v) is 18.5. The van der Waals surface area contributed by atoms with Crippen LogP contribution in [0.1, 0.15) is 11.5 Å². The molecule has 4 heterocycles. The Morgan fingerprint density at radius 3 is 2.63 bits per heavy atom. The maximum Gasteiger partial charge on any atom is 0.223 e. The number of nitrogens with two attached hydrogens (primary N) is 1. The third-order valence-electron chi connectivity index (χ3n) is 5.78. The number of nitrogen functional groups attached to an aromatic ring is 1. The van der Waals surface area contributed by atoms with Crippen molar-refractivity contribution in [1.29, 1.82) is 0 Å². The molecule has 0 amide bonds. The lowest BCUT2D eigenvalue weighted by atomic mass is 9.96. The number of anilines is 1. The number of benzene rings is 2. The molecule has 0 radical (unpaired) electrons. The molecular weight excluding hydrogens is 436 g/mol. The first-order valence-electron chi connectivity index (χ1n) is 11.0. The van der Waals surface area contributed by atoms with E-state index >= 15 is 0 Å². The molecule has 0 saturated carbocycles. The fourth-order valence-electron chi connectivity index (χ4n) is 4.24. The molecule has 0 atom stereocenters. The van der Waals surface area contributed by atoms with Crippen LogP contribution in [0.3, 0.4) is 0 Å². The Morgan fingerprint density at radius 2 is 1.77 bits per heavy atom. The lowest BCUT2D eigenvalue weighted by molar-refractivity contribution is 0.880. The van der Waals surface area contributed by atoms with E-state index in [1.54, 1.807) is 23.0 Å². The number of nitrogens with zero attached hydrogens (tertiary/aromatic N) is 7. The third-order valence-corrected chi connectivity index (χ3v) is 5.78. The van der Waals surface area contributed by atoms with Gasteiger partial charge in [0.05, 0.1) is 29.8 Å². The van der Waals surface area contributed by atoms with E-state index in [4.69, 9.17) is 22.3 Å². The molecule has 0 unspecified atom stereocenters. The average Bonchev–Trinajstić information content (AvgIpc) is 3.33. The molecule has 0 aliphatic rings. The Morgan fingerprint density at radius 1 is 0.886 bits per heavy atom. The first-order chi connectivity index (χ1) is 17.2. The van der Waals surface area contributed by atoms with Gasteiger partial charge in [0, 0.05) is 23.5 Å². The van der Waals surface area contributed by atoms with E-state index < -0.39 is 0 Å². The van der Waals surface area contributed by atoms with Crippen molar-refractivity contribution in [3.8, 4) is 22.4 Å². The van der Waals surface area contributed by atoms with Gasteiger partial charge in [0.25, 0.3) is 0 Å². The van der Waals surface area contributed by atoms with Gasteiger partial charge in [-0.1, -0.05) is 42.5 Å². The molecule has 4 aromatic heterocycles. The molecule has 0 fully saturated rings. The minimum absolute atomic E-state index is 0.213. The second-order valence-corrected chi connectivity index (χ2v) is 7.99. The Labute approximate surface area is 200 Å². The van der Waals surface area contributed by atoms with Gasteiger partial charge in [-0.05, 0) is 41.5 Å². The Bertz CT molecular complexity index is 1740. The standard InChI is InChI=1S/C27H18N8/c1-29-18-9-4-7-17(15-18)25-24(21-10-5-12-22-20(21)11-6-14-31-22)26-32-23(34-35(26)27(28)33-25)16-19-8-2-3-13-30-19/h2-15H,16H2,(H2,28,33). The zero-order valence-electron chi connectivity index (χ0n) is 18.5. The number of aromatic nitrogens is 6. The first kappa shape index (κ1) is 20.4. The summed E-state index contributed by atoms with van der Waals surface area (Å²) in [4.78, 5) is 22.1. The highest BCUT2D eigenvalue weighted by atomic mass is 15.3. The topological polar surface area (TPSA) is 99.2 Å². The van der Waals surface area contributed by atoms with Gasteiger partial charge in [0.2, 0.25) is 5.95 Å². The van der Waals surface area contributed by atoms with Gasteiger partial charge < -0.3 is 5.73 Å². The molecule has 0 spiro atoms. The molecule has 2 aromatic carbocycles. The van der Waals surface area contributed by atoms with Crippen LogP contribution in [0.15, 0.2) is 85.2 Å². The summed E-state index contributed by atoms with van der Waals surface area (Å²) in [7, 11) is 0. The largest absolute Gasteiger partial charge is 0.368 e. The van der Waals surface area contributed by atoms with Crippen molar-refractivity contribution in [2.75, 3.05) is 5.73 Å². The van der Waals surface area contributed by atoms with E-state index in [1.165, 1.54) is 0 Å². The quantitative estimate of drug-likeness (QED) is 0.371. The highest BCUT2D eigenvalue weighted by Crippen LogP contribution is 2.38. The molecule has 0 aliphatic carbocycles. The first-order valence-corrected chi connectivity index (χ1v) is 11.0. The number of hydrogen-bond acceptors (Lipinski definition) is 6. The molecule has 6 aromatic rings. The van der Waals surface area contributed by atoms with Crippen LogP contribution in [0.25, 0.3) is 43.8 Å². The fraction of sp³-hybridized carbons (Fsp3) is 0.0370. The van der Waals surface area contributed by atoms with E-state index in [-0.39, 0.29) is 5.95 Å². The van der Waals surface area contributed by atoms with Gasteiger partial charge in [0.1, 0.15) is 0 Å². The summed E-state index contributed by atoms with van der Waals surface area (Å²) in [6.07, 6.45) is 3.98. The molecule has 166 valence electrons. The van der Waals surface area contributed by atoms with Crippen molar-refractivity contribution in [2.24, 2.45) is 0 Å². The minimum Gasteiger partial charge on any atom is -0.368 e. The highest BCUT2D eigenvalue weighted by Gasteiger charge is 2.22. The molecule has 8 heteroatoms. The highest BCUT2D eigenvalue weighted by molar-refractivity contribution is 6.02. The summed E-state index contributed by atoms with van der Waals surface area (Å²) >= 11 is 0. The normalized spacial score (nSPS) is 11.1. The van der Waals surface area contributed by atoms with E-state index in [2.05, 4.69) is 19.9 Å². The van der Waals surface area contributed by atoms with Crippen LogP contribution in [0.2, 0.25) is 0 Å². The summed E-state index contributed by atoms with van der Waals surface area (Å²) < 4.78 is 1.57. The summed E-state index contributed by atoms with van der Waals surface area (Å²) in [6, 6.07) is 23.0. The van der Waals surface area contributed by atoms with E-state index in [1.807, 2.05) is 66.7 Å². The van der Waals surface area contributed by atoms with Gasteiger partial charge >= 0.3 is 0 Å². The molecule has 6 rings (SSSR count). The van der Waals surface area contributed by atoms with Crippen LogP contribution < -0.4 is 5.73 Å². The second kappa shape index (κ2) is 8.32. The molecule has 8 nitrogen and oxygen atoms in total. The predicted octanol–water partition coefficient (Wildman–Crippen LogP) is 5.13. The summed E-state index contributed by atoms with van der Waals surface area (Å²) in [5, 5.41) is 5.61. The maximum atomic E-state index is 7.45. The van der Waals surface area contributed by atoms with Crippen molar-refractivity contribution in [3.63, 3.8) is 0 Å². The monoisotopic (exact) mass is 454 g/mol. The average molecular weight is 454 g/mol. The Balaban J connectivity index is 1.67. The van der Waals surface area contributed by atoms with Crippen molar-refractivity contribution in [3.05, 3.63) is 108 Å². The lowest BCUT2D eigenvalue weighted by Gasteiger charge is -2.14. The van der Waals surface area contributed by atoms with Crippen molar-refractivity contribution < 1.29 is 0 Å². The molecule has 35 heavy (non-hydrogen) atoms. The lowest BCUT2D eigenvalue weighted by Crippen LogP contribution is -2.06. The van der Waals surface area contributed by atoms with Crippen LogP contribution in [-0.2, 0) is 6.42 Å². The smallest absolute Gasteiger partial charge is 0.223 e. The fourth-order valence-corrected chi connectivity index (χ4v) is 4.24. The van der Waals surface area contributed by atoms with Crippen LogP contribution in [0, 0.1) is 6.57 Å². The molecular formula is C27H18N8. The van der Waals surface area contributed by atoms with Crippen molar-refractivity contribution in [1.82, 2.24) is 29.5 Å². The van der Waals surface area contributed by atoms with Gasteiger partial charge in [-0.25, -0.2) is 14.8 Å². The van der Waals surface area contributed by atoms with Gasteiger partial charge in [-0.2, -0.15) is 4.52 Å². The van der Waals surface area contributed by atoms with Crippen LogP contribution in [0.5, 0.6) is 0 Å². The maximum absolute atomic E-state index is 7.45. The molecule has 0 bridgehead atoms. The van der Waals surface area contributed by atoms with Crippen molar-refractivity contribution >= 4 is 28.2 Å². The van der Waals surface area contributed by atoms with Crippen LogP contribution >= 0.6 is 0 Å². The van der Waals surface area contributed by atoms with E-state index in [0.29, 0.717) is 29.3 Å². The van der Waals surface area contributed by atoms with Crippen molar-refractivity contribution in [2.45, 2.75) is 6.42 Å². The van der Waals surface area contributed by atoms with Crippen LogP contribution in [0.4, 0.5) is 11.6 Å². The third kappa shape index (κ3) is 3.61. The Hall–Kier alpha value is -5.16. The number of fused-ring (bicyclic) bond motifs is 2. The number of pyridine rings is 2. The van der Waals surface area contributed by atoms with E-state index in [9.17, 15) is 0 Å². The molecule has 0 aliphatic heterocycles. The predicted molar refractivity (Wildman–Crippen MR) is 135 cm³/mol. The Kier molecular flexibility index (Phi) is 4.86. The SMILES string of the molecule is [C-]#[N+]c1cccc(-c2nc(N)n3nc(Cc4ccccn4)nc3c2-c2cccc3ncccc23)c1.